The van der Waals surface area contributed by atoms with E-state index in [2.05, 4.69) is 36.4 Å². The van der Waals surface area contributed by atoms with Gasteiger partial charge in [0.25, 0.3) is 0 Å². The first-order valence-electron chi connectivity index (χ1n) is 7.17. The van der Waals surface area contributed by atoms with Gasteiger partial charge in [0.05, 0.1) is 0 Å². The number of allylic oxidation sites excluding steroid dienone is 1. The third-order valence-corrected chi connectivity index (χ3v) is 4.81. The third-order valence-electron chi connectivity index (χ3n) is 3.46. The van der Waals surface area contributed by atoms with Crippen LogP contribution in [0.25, 0.3) is 6.08 Å². The van der Waals surface area contributed by atoms with Gasteiger partial charge in [-0.15, -0.1) is 11.8 Å². The molecule has 1 aliphatic rings. The summed E-state index contributed by atoms with van der Waals surface area (Å²) >= 11 is 2.02. The van der Waals surface area contributed by atoms with Gasteiger partial charge in [-0.2, -0.15) is 0 Å². The standard InChI is InChI=1S/C17H22OS/c1-14(18)6-2-3-7-15-10-12-17(13-11-15)19-16-8-4-5-9-16/h3,7,10-13,16H,2,4-6,8-9H2,1H3/b7-3+. The van der Waals surface area contributed by atoms with Crippen molar-refractivity contribution in [2.45, 2.75) is 55.6 Å². The lowest BCUT2D eigenvalue weighted by Gasteiger charge is -2.08. The molecule has 1 aromatic rings. The van der Waals surface area contributed by atoms with Gasteiger partial charge in [0.15, 0.2) is 0 Å². The summed E-state index contributed by atoms with van der Waals surface area (Å²) in [6, 6.07) is 8.77. The minimum Gasteiger partial charge on any atom is -0.300 e. The van der Waals surface area contributed by atoms with Gasteiger partial charge in [0.1, 0.15) is 5.78 Å². The molecule has 0 bridgehead atoms. The van der Waals surface area contributed by atoms with Crippen LogP contribution in [0.15, 0.2) is 35.2 Å². The smallest absolute Gasteiger partial charge is 0.130 e. The SMILES string of the molecule is CC(=O)CC/C=C/c1ccc(SC2CCCC2)cc1. The van der Waals surface area contributed by atoms with E-state index < -0.39 is 0 Å². The summed E-state index contributed by atoms with van der Waals surface area (Å²) in [7, 11) is 0. The van der Waals surface area contributed by atoms with Gasteiger partial charge < -0.3 is 4.79 Å². The molecule has 0 aromatic heterocycles. The second-order valence-electron chi connectivity index (χ2n) is 5.24. The van der Waals surface area contributed by atoms with E-state index in [1.54, 1.807) is 6.92 Å². The van der Waals surface area contributed by atoms with Gasteiger partial charge in [-0.1, -0.05) is 37.1 Å². The Hall–Kier alpha value is -1.02. The highest BCUT2D eigenvalue weighted by molar-refractivity contribution is 8.00. The second-order valence-corrected chi connectivity index (χ2v) is 6.61. The number of ketones is 1. The number of carbonyl (C=O) groups is 1. The van der Waals surface area contributed by atoms with Crippen molar-refractivity contribution in [3.05, 3.63) is 35.9 Å². The number of rotatable bonds is 6. The molecular formula is C17H22OS. The van der Waals surface area contributed by atoms with Crippen LogP contribution in [0.1, 0.15) is 51.0 Å². The lowest BCUT2D eigenvalue weighted by Crippen LogP contribution is -1.92. The molecule has 1 aromatic carbocycles. The minimum atomic E-state index is 0.257. The molecule has 0 aliphatic heterocycles. The molecule has 0 spiro atoms. The molecule has 0 radical (unpaired) electrons. The predicted octanol–water partition coefficient (Wildman–Crippen LogP) is 5.10. The molecule has 102 valence electrons. The summed E-state index contributed by atoms with van der Waals surface area (Å²) < 4.78 is 0. The van der Waals surface area contributed by atoms with E-state index in [1.165, 1.54) is 36.1 Å². The van der Waals surface area contributed by atoms with Gasteiger partial charge in [0, 0.05) is 16.6 Å². The quantitative estimate of drug-likeness (QED) is 0.717. The van der Waals surface area contributed by atoms with Crippen molar-refractivity contribution >= 4 is 23.6 Å². The van der Waals surface area contributed by atoms with Crippen molar-refractivity contribution in [1.29, 1.82) is 0 Å². The predicted molar refractivity (Wildman–Crippen MR) is 83.5 cm³/mol. The zero-order chi connectivity index (χ0) is 13.5. The largest absolute Gasteiger partial charge is 0.300 e. The molecule has 1 aliphatic carbocycles. The maximum Gasteiger partial charge on any atom is 0.130 e. The zero-order valence-corrected chi connectivity index (χ0v) is 12.4. The second kappa shape index (κ2) is 7.54. The molecule has 2 heteroatoms. The van der Waals surface area contributed by atoms with E-state index in [1.807, 2.05) is 11.8 Å². The Balaban J connectivity index is 1.81. The molecule has 0 amide bonds. The molecule has 0 unspecified atom stereocenters. The van der Waals surface area contributed by atoms with Crippen LogP contribution in [-0.4, -0.2) is 11.0 Å². The monoisotopic (exact) mass is 274 g/mol. The molecule has 0 heterocycles. The van der Waals surface area contributed by atoms with E-state index in [9.17, 15) is 4.79 Å². The topological polar surface area (TPSA) is 17.1 Å². The summed E-state index contributed by atoms with van der Waals surface area (Å²) in [6.07, 6.45) is 11.2. The van der Waals surface area contributed by atoms with E-state index >= 15 is 0 Å². The molecule has 2 rings (SSSR count). The number of benzene rings is 1. The highest BCUT2D eigenvalue weighted by Gasteiger charge is 2.15. The van der Waals surface area contributed by atoms with E-state index in [-0.39, 0.29) is 5.78 Å². The summed E-state index contributed by atoms with van der Waals surface area (Å²) in [5.41, 5.74) is 1.22. The van der Waals surface area contributed by atoms with Crippen LogP contribution in [0.4, 0.5) is 0 Å². The Morgan fingerprint density at radius 2 is 1.95 bits per heavy atom. The van der Waals surface area contributed by atoms with Crippen LogP contribution < -0.4 is 0 Å². The maximum atomic E-state index is 10.8. The van der Waals surface area contributed by atoms with Crippen LogP contribution in [0, 0.1) is 0 Å². The number of hydrogen-bond donors (Lipinski definition) is 0. The van der Waals surface area contributed by atoms with Gasteiger partial charge in [-0.25, -0.2) is 0 Å². The number of Topliss-reactive ketones (excluding diaryl/α,β-unsaturated/α-hetero) is 1. The normalized spacial score (nSPS) is 16.3. The number of carbonyl (C=O) groups excluding carboxylic acids is 1. The third kappa shape index (κ3) is 5.23. The molecular weight excluding hydrogens is 252 g/mol. The van der Waals surface area contributed by atoms with E-state index in [0.29, 0.717) is 6.42 Å². The van der Waals surface area contributed by atoms with Gasteiger partial charge in [-0.05, 0) is 43.9 Å². The van der Waals surface area contributed by atoms with Crippen molar-refractivity contribution in [2.75, 3.05) is 0 Å². The molecule has 0 N–H and O–H groups in total. The van der Waals surface area contributed by atoms with Crippen molar-refractivity contribution < 1.29 is 4.79 Å². The molecule has 0 atom stereocenters. The van der Waals surface area contributed by atoms with Gasteiger partial charge >= 0.3 is 0 Å². The Kier molecular flexibility index (Phi) is 5.71. The Morgan fingerprint density at radius 1 is 1.26 bits per heavy atom. The van der Waals surface area contributed by atoms with Crippen LogP contribution in [-0.2, 0) is 4.79 Å². The first-order valence-corrected chi connectivity index (χ1v) is 8.05. The number of thioether (sulfide) groups is 1. The van der Waals surface area contributed by atoms with E-state index in [0.717, 1.165) is 11.7 Å². The van der Waals surface area contributed by atoms with Crippen LogP contribution >= 0.6 is 11.8 Å². The number of hydrogen-bond acceptors (Lipinski definition) is 2. The van der Waals surface area contributed by atoms with Crippen molar-refractivity contribution in [2.24, 2.45) is 0 Å². The fourth-order valence-corrected chi connectivity index (χ4v) is 3.61. The van der Waals surface area contributed by atoms with Gasteiger partial charge in [0.2, 0.25) is 0 Å². The Labute approximate surface area is 120 Å². The lowest BCUT2D eigenvalue weighted by molar-refractivity contribution is -0.116. The van der Waals surface area contributed by atoms with Crippen molar-refractivity contribution in [3.8, 4) is 0 Å². The van der Waals surface area contributed by atoms with Crippen molar-refractivity contribution in [1.82, 2.24) is 0 Å². The Morgan fingerprint density at radius 3 is 2.58 bits per heavy atom. The van der Waals surface area contributed by atoms with Crippen LogP contribution in [0.5, 0.6) is 0 Å². The highest BCUT2D eigenvalue weighted by atomic mass is 32.2. The summed E-state index contributed by atoms with van der Waals surface area (Å²) in [6.45, 7) is 1.64. The average Bonchev–Trinajstić information content (AvgIpc) is 2.89. The molecule has 19 heavy (non-hydrogen) atoms. The van der Waals surface area contributed by atoms with Crippen LogP contribution in [0.2, 0.25) is 0 Å². The average molecular weight is 274 g/mol. The summed E-state index contributed by atoms with van der Waals surface area (Å²) in [5, 5.41) is 0.831. The van der Waals surface area contributed by atoms with Crippen LogP contribution in [0.3, 0.4) is 0 Å². The first kappa shape index (κ1) is 14.4. The maximum absolute atomic E-state index is 10.8. The molecule has 1 saturated carbocycles. The Bertz CT molecular complexity index is 427. The van der Waals surface area contributed by atoms with E-state index in [4.69, 9.17) is 0 Å². The fraction of sp³-hybridized carbons (Fsp3) is 0.471. The fourth-order valence-electron chi connectivity index (χ4n) is 2.36. The van der Waals surface area contributed by atoms with Crippen molar-refractivity contribution in [3.63, 3.8) is 0 Å². The summed E-state index contributed by atoms with van der Waals surface area (Å²) in [4.78, 5) is 12.2. The lowest BCUT2D eigenvalue weighted by atomic mass is 10.1. The molecule has 1 nitrogen and oxygen atoms in total. The highest BCUT2D eigenvalue weighted by Crippen LogP contribution is 2.34. The van der Waals surface area contributed by atoms with Gasteiger partial charge in [-0.3, -0.25) is 0 Å². The zero-order valence-electron chi connectivity index (χ0n) is 11.6. The minimum absolute atomic E-state index is 0.257. The molecule has 0 saturated heterocycles. The first-order chi connectivity index (χ1) is 9.24. The summed E-state index contributed by atoms with van der Waals surface area (Å²) in [5.74, 6) is 0.257. The molecule has 1 fully saturated rings.